The second-order valence-corrected chi connectivity index (χ2v) is 8.03. The number of hydrogen-bond donors (Lipinski definition) is 0. The number of aryl methyl sites for hydroxylation is 1. The van der Waals surface area contributed by atoms with E-state index in [0.717, 1.165) is 25.2 Å². The molecule has 0 radical (unpaired) electrons. The Morgan fingerprint density at radius 3 is 2.67 bits per heavy atom. The van der Waals surface area contributed by atoms with Crippen LogP contribution in [0.25, 0.3) is 0 Å². The van der Waals surface area contributed by atoms with E-state index < -0.39 is 0 Å². The van der Waals surface area contributed by atoms with Gasteiger partial charge in [0.25, 0.3) is 5.91 Å². The molecule has 0 aromatic carbocycles. The van der Waals surface area contributed by atoms with Gasteiger partial charge in [-0.1, -0.05) is 6.07 Å². The second kappa shape index (κ2) is 7.43. The fraction of sp³-hybridized carbons (Fsp3) is 0.571. The number of pyridine rings is 1. The summed E-state index contributed by atoms with van der Waals surface area (Å²) < 4.78 is 2.13. The minimum atomic E-state index is 0.0157. The zero-order chi connectivity index (χ0) is 19.0. The Hall–Kier alpha value is -2.21. The Kier molecular flexibility index (Phi) is 5.00. The summed E-state index contributed by atoms with van der Waals surface area (Å²) in [6.45, 7) is 10.9. The van der Waals surface area contributed by atoms with Crippen molar-refractivity contribution in [2.75, 3.05) is 19.6 Å². The summed E-state index contributed by atoms with van der Waals surface area (Å²) in [5, 5.41) is 4.96. The van der Waals surface area contributed by atoms with Gasteiger partial charge in [-0.05, 0) is 65.3 Å². The van der Waals surface area contributed by atoms with Gasteiger partial charge in [-0.3, -0.25) is 14.4 Å². The molecule has 27 heavy (non-hydrogen) atoms. The van der Waals surface area contributed by atoms with E-state index in [-0.39, 0.29) is 5.91 Å². The van der Waals surface area contributed by atoms with E-state index >= 15 is 0 Å². The van der Waals surface area contributed by atoms with Crippen LogP contribution in [0.2, 0.25) is 0 Å². The first-order valence-electron chi connectivity index (χ1n) is 10.1. The quantitative estimate of drug-likeness (QED) is 0.834. The summed E-state index contributed by atoms with van der Waals surface area (Å²) in [4.78, 5) is 21.8. The molecule has 0 aliphatic carbocycles. The molecule has 0 N–H and O–H groups in total. The zero-order valence-electron chi connectivity index (χ0n) is 16.6. The number of likely N-dealkylation sites (tertiary alicyclic amines) is 1. The maximum Gasteiger partial charge on any atom is 0.272 e. The molecule has 2 aliphatic rings. The monoisotopic (exact) mass is 367 g/mol. The van der Waals surface area contributed by atoms with Gasteiger partial charge in [0.1, 0.15) is 5.69 Å². The van der Waals surface area contributed by atoms with E-state index in [2.05, 4.69) is 28.4 Å². The Morgan fingerprint density at radius 2 is 1.96 bits per heavy atom. The topological polar surface area (TPSA) is 54.3 Å². The number of rotatable bonds is 4. The lowest BCUT2D eigenvalue weighted by Gasteiger charge is -2.28. The summed E-state index contributed by atoms with van der Waals surface area (Å²) in [5.41, 5.74) is 5.18. The first-order valence-corrected chi connectivity index (χ1v) is 10.1. The van der Waals surface area contributed by atoms with E-state index in [0.29, 0.717) is 18.3 Å². The zero-order valence-corrected chi connectivity index (χ0v) is 16.6. The molecule has 2 aromatic heterocycles. The van der Waals surface area contributed by atoms with Crippen LogP contribution in [-0.4, -0.2) is 50.1 Å². The third kappa shape index (κ3) is 3.63. The highest BCUT2D eigenvalue weighted by Crippen LogP contribution is 2.27. The predicted octanol–water partition coefficient (Wildman–Crippen LogP) is 2.96. The molecule has 0 unspecified atom stereocenters. The minimum absolute atomic E-state index is 0.0157. The molecule has 6 nitrogen and oxygen atoms in total. The van der Waals surface area contributed by atoms with Crippen LogP contribution in [-0.2, 0) is 19.5 Å². The summed E-state index contributed by atoms with van der Waals surface area (Å²) in [7, 11) is 0. The molecule has 0 bridgehead atoms. The summed E-state index contributed by atoms with van der Waals surface area (Å²) in [6, 6.07) is 5.92. The number of hydrogen-bond acceptors (Lipinski definition) is 4. The van der Waals surface area contributed by atoms with Crippen molar-refractivity contribution in [1.82, 2.24) is 24.6 Å². The summed E-state index contributed by atoms with van der Waals surface area (Å²) in [6.07, 6.45) is 3.46. The Morgan fingerprint density at radius 1 is 1.19 bits per heavy atom. The SMILES string of the molecule is Cc1cccc(C(=O)N2CCc3c(CN4CCCC4)nn(C(C)C)c3C2)n1. The van der Waals surface area contributed by atoms with Gasteiger partial charge >= 0.3 is 0 Å². The van der Waals surface area contributed by atoms with Gasteiger partial charge in [-0.15, -0.1) is 0 Å². The van der Waals surface area contributed by atoms with Gasteiger partial charge in [-0.2, -0.15) is 5.10 Å². The average Bonchev–Trinajstić information content (AvgIpc) is 3.29. The molecule has 1 fully saturated rings. The van der Waals surface area contributed by atoms with Crippen molar-refractivity contribution in [2.45, 2.75) is 59.2 Å². The highest BCUT2D eigenvalue weighted by Gasteiger charge is 2.30. The van der Waals surface area contributed by atoms with Crippen molar-refractivity contribution >= 4 is 5.91 Å². The Balaban J connectivity index is 1.59. The first kappa shape index (κ1) is 18.2. The highest BCUT2D eigenvalue weighted by atomic mass is 16.2. The molecule has 0 spiro atoms. The van der Waals surface area contributed by atoms with Crippen LogP contribution < -0.4 is 0 Å². The van der Waals surface area contributed by atoms with Gasteiger partial charge in [0, 0.05) is 30.4 Å². The minimum Gasteiger partial charge on any atom is -0.331 e. The van der Waals surface area contributed by atoms with Crippen molar-refractivity contribution in [3.8, 4) is 0 Å². The van der Waals surface area contributed by atoms with Crippen molar-refractivity contribution in [3.63, 3.8) is 0 Å². The van der Waals surface area contributed by atoms with Crippen molar-refractivity contribution in [1.29, 1.82) is 0 Å². The van der Waals surface area contributed by atoms with Crippen LogP contribution in [0.15, 0.2) is 18.2 Å². The molecule has 4 rings (SSSR count). The molecule has 1 saturated heterocycles. The first-order chi connectivity index (χ1) is 13.0. The number of carbonyl (C=O) groups is 1. The lowest BCUT2D eigenvalue weighted by molar-refractivity contribution is 0.0722. The van der Waals surface area contributed by atoms with Crippen LogP contribution in [0, 0.1) is 6.92 Å². The maximum atomic E-state index is 13.0. The summed E-state index contributed by atoms with van der Waals surface area (Å²) in [5.74, 6) is 0.0157. The molecule has 0 saturated carbocycles. The molecule has 144 valence electrons. The van der Waals surface area contributed by atoms with E-state index in [4.69, 9.17) is 5.10 Å². The molecule has 0 atom stereocenters. The Bertz CT molecular complexity index is 835. The second-order valence-electron chi connectivity index (χ2n) is 8.03. The number of nitrogens with zero attached hydrogens (tertiary/aromatic N) is 5. The van der Waals surface area contributed by atoms with Gasteiger partial charge in [0.2, 0.25) is 0 Å². The number of aromatic nitrogens is 3. The molecular weight excluding hydrogens is 338 g/mol. The fourth-order valence-corrected chi connectivity index (χ4v) is 4.22. The Labute approximate surface area is 161 Å². The number of carbonyl (C=O) groups excluding carboxylic acids is 1. The smallest absolute Gasteiger partial charge is 0.272 e. The van der Waals surface area contributed by atoms with Gasteiger partial charge in [-0.25, -0.2) is 4.98 Å². The van der Waals surface area contributed by atoms with Crippen molar-refractivity contribution in [2.24, 2.45) is 0 Å². The van der Waals surface area contributed by atoms with Crippen LogP contribution in [0.5, 0.6) is 0 Å². The lowest BCUT2D eigenvalue weighted by atomic mass is 10.0. The van der Waals surface area contributed by atoms with Gasteiger partial charge in [0.15, 0.2) is 0 Å². The van der Waals surface area contributed by atoms with E-state index in [1.807, 2.05) is 30.0 Å². The molecular formula is C21H29N5O. The third-order valence-electron chi connectivity index (χ3n) is 5.63. The molecule has 1 amide bonds. The van der Waals surface area contributed by atoms with E-state index in [1.165, 1.54) is 42.9 Å². The molecule has 2 aliphatic heterocycles. The molecule has 2 aromatic rings. The molecule has 4 heterocycles. The highest BCUT2D eigenvalue weighted by molar-refractivity contribution is 5.92. The normalized spacial score (nSPS) is 17.6. The van der Waals surface area contributed by atoms with E-state index in [1.54, 1.807) is 0 Å². The van der Waals surface area contributed by atoms with Gasteiger partial charge < -0.3 is 4.90 Å². The standard InChI is InChI=1S/C21H29N5O/c1-15(2)26-20-14-25(21(27)18-8-6-7-16(3)22-18)12-9-17(20)19(23-26)13-24-10-4-5-11-24/h6-8,15H,4-5,9-14H2,1-3H3. The maximum absolute atomic E-state index is 13.0. The average molecular weight is 367 g/mol. The van der Waals surface area contributed by atoms with Crippen molar-refractivity contribution < 1.29 is 4.79 Å². The van der Waals surface area contributed by atoms with Crippen molar-refractivity contribution in [3.05, 3.63) is 46.5 Å². The predicted molar refractivity (Wildman–Crippen MR) is 105 cm³/mol. The van der Waals surface area contributed by atoms with Crippen LogP contribution in [0.4, 0.5) is 0 Å². The third-order valence-corrected chi connectivity index (χ3v) is 5.63. The summed E-state index contributed by atoms with van der Waals surface area (Å²) >= 11 is 0. The van der Waals surface area contributed by atoms with E-state index in [9.17, 15) is 4.79 Å². The van der Waals surface area contributed by atoms with Crippen LogP contribution in [0.3, 0.4) is 0 Å². The fourth-order valence-electron chi connectivity index (χ4n) is 4.22. The van der Waals surface area contributed by atoms with Crippen LogP contribution in [0.1, 0.15) is 65.9 Å². The largest absolute Gasteiger partial charge is 0.331 e. The lowest BCUT2D eigenvalue weighted by Crippen LogP contribution is -2.37. The van der Waals surface area contributed by atoms with Crippen LogP contribution >= 0.6 is 0 Å². The molecule has 6 heteroatoms. The van der Waals surface area contributed by atoms with Gasteiger partial charge in [0.05, 0.1) is 17.9 Å². The number of amides is 1. The number of fused-ring (bicyclic) bond motifs is 1.